The van der Waals surface area contributed by atoms with Gasteiger partial charge in [0.2, 0.25) is 0 Å². The van der Waals surface area contributed by atoms with Gasteiger partial charge in [-0.1, -0.05) is 382 Å². The van der Waals surface area contributed by atoms with Gasteiger partial charge in [0.15, 0.2) is 0 Å². The fourth-order valence-corrected chi connectivity index (χ4v) is 22.7. The second-order valence-corrected chi connectivity index (χ2v) is 36.8. The fourth-order valence-electron chi connectivity index (χ4n) is 22.7. The molecule has 143 heavy (non-hydrogen) atoms. The Bertz CT molecular complexity index is 7450. The molecule has 680 valence electrons. The smallest absolute Gasteiger partial charge is 0.343 e. The molecule has 0 N–H and O–H groups in total. The van der Waals surface area contributed by atoms with Gasteiger partial charge in [0.25, 0.3) is 0 Å². The number of anilines is 9. The topological polar surface area (TPSA) is 88.6 Å². The number of ether oxygens (including phenoxy) is 3. The molecule has 0 atom stereocenters. The molecule has 0 aromatic heterocycles. The van der Waals surface area contributed by atoms with E-state index in [9.17, 15) is 0 Å². The van der Waals surface area contributed by atoms with Crippen molar-refractivity contribution in [3.63, 3.8) is 0 Å². The summed E-state index contributed by atoms with van der Waals surface area (Å²) < 4.78 is 19.3. The first-order valence-electron chi connectivity index (χ1n) is 48.4. The Morgan fingerprint density at radius 2 is 0.378 bits per heavy atom. The summed E-state index contributed by atoms with van der Waals surface area (Å²) in [7, 11) is 0. The molecule has 0 heterocycles. The minimum Gasteiger partial charge on any atom is -0.423 e. The maximum Gasteiger partial charge on any atom is 0.343 e. The van der Waals surface area contributed by atoms with Gasteiger partial charge < -0.3 is 28.9 Å². The number of fused-ring (bicyclic) bond motifs is 9. The van der Waals surface area contributed by atoms with Gasteiger partial charge in [0.1, 0.15) is 17.2 Å². The van der Waals surface area contributed by atoms with Crippen LogP contribution in [-0.4, -0.2) is 17.9 Å². The summed E-state index contributed by atoms with van der Waals surface area (Å²) in [5.41, 5.74) is 29.5. The second kappa shape index (κ2) is 36.7. The first-order chi connectivity index (χ1) is 70.5. The molecule has 3 aliphatic carbocycles. The van der Waals surface area contributed by atoms with Gasteiger partial charge in [0.05, 0.1) is 32.9 Å². The van der Waals surface area contributed by atoms with Crippen LogP contribution in [-0.2, 0) is 21.7 Å². The number of para-hydroxylation sites is 3. The van der Waals surface area contributed by atoms with E-state index in [1.807, 2.05) is 182 Å². The Morgan fingerprint density at radius 3 is 0.615 bits per heavy atom. The van der Waals surface area contributed by atoms with Gasteiger partial charge in [-0.3, -0.25) is 0 Å². The van der Waals surface area contributed by atoms with Crippen LogP contribution in [0.5, 0.6) is 17.2 Å². The standard InChI is InChI=1S/C134H93N3O6/c1-131(95-68-77-113(78-69-95)141-128(138)92-38-35-59-107(86-92)135(104-53-23-8-24-54-104)110-74-83-119-116-62-29-32-65-122(116)132(125(119)89-110,98-41-11-2-12-42-98)99-43-13-3-14-44-99,96-70-79-114(80-71-96)142-129(139)93-39-36-60-108(87-93)136(105-55-25-9-26-56-105)111-75-84-120-117-63-30-33-66-123(117)133(126(120)90-111,100-45-15-4-16-46-100)101-47-17-5-18-48-101)97-72-81-115(82-73-97)143-130(140)94-40-37-61-109(88-94)137(106-57-27-10-28-58-106)112-76-85-121-118-64-31-34-67-124(118)134(127(121)91-112,102-49-19-6-20-50-102)103-51-21-7-22-52-103/h2-91H,1H3. The lowest BCUT2D eigenvalue weighted by Crippen LogP contribution is -2.28. The molecule has 0 radical (unpaired) electrons. The zero-order chi connectivity index (χ0) is 96.0. The van der Waals surface area contributed by atoms with E-state index in [4.69, 9.17) is 14.2 Å². The molecule has 0 amide bonds. The average molecular weight is 1840 g/mol. The highest BCUT2D eigenvalue weighted by Gasteiger charge is 2.50. The molecule has 0 saturated carbocycles. The molecule has 9 heteroatoms. The number of hydrogen-bond donors (Lipinski definition) is 0. The molecule has 0 unspecified atom stereocenters. The van der Waals surface area contributed by atoms with Crippen LogP contribution in [0.1, 0.15) is 121 Å². The quantitative estimate of drug-likeness (QED) is 0.0333. The fraction of sp³-hybridized carbons (Fsp3) is 0.0373. The van der Waals surface area contributed by atoms with Crippen LogP contribution in [0, 0.1) is 0 Å². The van der Waals surface area contributed by atoms with E-state index in [1.165, 1.54) is 33.4 Å². The van der Waals surface area contributed by atoms with Crippen LogP contribution in [0.15, 0.2) is 546 Å². The lowest BCUT2D eigenvalue weighted by atomic mass is 9.67. The zero-order valence-corrected chi connectivity index (χ0v) is 78.3. The molecule has 3 aliphatic rings. The number of hydrogen-bond acceptors (Lipinski definition) is 9. The van der Waals surface area contributed by atoms with Gasteiger partial charge in [-0.05, 0) is 288 Å². The number of carbonyl (C=O) groups is 3. The molecule has 0 bridgehead atoms. The van der Waals surface area contributed by atoms with Crippen LogP contribution < -0.4 is 28.9 Å². The summed E-state index contributed by atoms with van der Waals surface area (Å²) >= 11 is 0. The Labute approximate surface area is 832 Å². The third-order valence-electron chi connectivity index (χ3n) is 29.1. The van der Waals surface area contributed by atoms with Gasteiger partial charge in [-0.25, -0.2) is 14.4 Å². The lowest BCUT2D eigenvalue weighted by Gasteiger charge is -2.35. The van der Waals surface area contributed by atoms with E-state index < -0.39 is 39.6 Å². The Hall–Kier alpha value is -18.6. The third kappa shape index (κ3) is 15.1. The van der Waals surface area contributed by atoms with Gasteiger partial charge in [0, 0.05) is 56.6 Å². The SMILES string of the molecule is CC(c1ccc(OC(=O)c2cccc(N(c3ccccc3)c3ccc4c(c3)C(c3ccccc3)(c3ccccc3)c3ccccc3-4)c2)cc1)(c1ccc(OC(=O)c2cccc(N(c3ccccc3)c3ccc4c(c3)C(c3ccccc3)(c3ccccc3)c3ccccc3-4)c2)cc1)c1ccc(OC(=O)c2cccc(N(c3ccccc3)c3ccc4c(c3)C(c3ccccc3)(c3ccccc3)c3ccccc3-4)c2)cc1. The molecule has 21 aromatic rings. The zero-order valence-electron chi connectivity index (χ0n) is 78.3. The molecule has 24 rings (SSSR count). The predicted molar refractivity (Wildman–Crippen MR) is 575 cm³/mol. The highest BCUT2D eigenvalue weighted by atomic mass is 16.5. The van der Waals surface area contributed by atoms with Crippen LogP contribution in [0.2, 0.25) is 0 Å². The molecule has 0 spiro atoms. The van der Waals surface area contributed by atoms with Crippen molar-refractivity contribution in [2.24, 2.45) is 0 Å². The molecule has 0 aliphatic heterocycles. The Morgan fingerprint density at radius 1 is 0.182 bits per heavy atom. The minimum atomic E-state index is -0.958. The van der Waals surface area contributed by atoms with Crippen molar-refractivity contribution in [2.45, 2.75) is 28.6 Å². The van der Waals surface area contributed by atoms with E-state index in [-0.39, 0.29) is 0 Å². The molecule has 9 nitrogen and oxygen atoms in total. The maximum atomic E-state index is 15.0. The molecule has 0 saturated heterocycles. The monoisotopic (exact) mass is 1840 g/mol. The highest BCUT2D eigenvalue weighted by Crippen LogP contribution is 2.62. The van der Waals surface area contributed by atoms with E-state index in [2.05, 4.69) is 367 Å². The normalized spacial score (nSPS) is 12.9. The average Bonchev–Trinajstić information content (AvgIpc) is 1.52. The van der Waals surface area contributed by atoms with Crippen LogP contribution in [0.3, 0.4) is 0 Å². The second-order valence-electron chi connectivity index (χ2n) is 36.8. The summed E-state index contributed by atoms with van der Waals surface area (Å²) in [6.45, 7) is 2.13. The summed E-state index contributed by atoms with van der Waals surface area (Å²) in [5, 5.41) is 0. The van der Waals surface area contributed by atoms with Crippen molar-refractivity contribution in [1.29, 1.82) is 0 Å². The van der Waals surface area contributed by atoms with E-state index in [0.29, 0.717) is 33.9 Å². The first-order valence-corrected chi connectivity index (χ1v) is 48.4. The third-order valence-corrected chi connectivity index (χ3v) is 29.1. The van der Waals surface area contributed by atoms with Crippen molar-refractivity contribution in [3.05, 3.63) is 646 Å². The molecular formula is C134H93N3O6. The number of nitrogens with zero attached hydrogens (tertiary/aromatic N) is 3. The molecule has 0 fully saturated rings. The summed E-state index contributed by atoms with van der Waals surface area (Å²) in [4.78, 5) is 51.6. The lowest BCUT2D eigenvalue weighted by molar-refractivity contribution is 0.0725. The van der Waals surface area contributed by atoms with Crippen molar-refractivity contribution in [3.8, 4) is 50.6 Å². The van der Waals surface area contributed by atoms with Crippen molar-refractivity contribution in [1.82, 2.24) is 0 Å². The van der Waals surface area contributed by atoms with Crippen molar-refractivity contribution >= 4 is 69.1 Å². The maximum absolute atomic E-state index is 15.0. The van der Waals surface area contributed by atoms with Crippen LogP contribution in [0.4, 0.5) is 51.2 Å². The predicted octanol–water partition coefficient (Wildman–Crippen LogP) is 32.2. The van der Waals surface area contributed by atoms with Crippen LogP contribution in [0.25, 0.3) is 33.4 Å². The number of benzene rings is 21. The van der Waals surface area contributed by atoms with Crippen molar-refractivity contribution < 1.29 is 28.6 Å². The van der Waals surface area contributed by atoms with Gasteiger partial charge in [-0.2, -0.15) is 0 Å². The minimum absolute atomic E-state index is 0.331. The number of carbonyl (C=O) groups excluding carboxylic acids is 3. The first kappa shape index (κ1) is 87.2. The largest absolute Gasteiger partial charge is 0.423 e. The van der Waals surface area contributed by atoms with E-state index >= 15 is 14.4 Å². The van der Waals surface area contributed by atoms with Gasteiger partial charge in [-0.15, -0.1) is 0 Å². The van der Waals surface area contributed by atoms with Crippen molar-refractivity contribution in [2.75, 3.05) is 14.7 Å². The number of esters is 3. The summed E-state index contributed by atoms with van der Waals surface area (Å²) in [6.07, 6.45) is 0. The van der Waals surface area contributed by atoms with E-state index in [0.717, 1.165) is 135 Å². The molecular weight excluding hydrogens is 1750 g/mol. The summed E-state index contributed by atoms with van der Waals surface area (Å²) in [6, 6.07) is 188. The summed E-state index contributed by atoms with van der Waals surface area (Å²) in [5.74, 6) is -0.626. The Balaban J connectivity index is 0.548. The van der Waals surface area contributed by atoms with Gasteiger partial charge >= 0.3 is 17.9 Å². The highest BCUT2D eigenvalue weighted by molar-refractivity contribution is 5.99. The van der Waals surface area contributed by atoms with Crippen LogP contribution >= 0.6 is 0 Å². The Kier molecular flexibility index (Phi) is 22.4. The van der Waals surface area contributed by atoms with E-state index in [1.54, 1.807) is 18.2 Å². The molecule has 21 aromatic carbocycles. The number of rotatable bonds is 24.